The van der Waals surface area contributed by atoms with E-state index in [0.717, 1.165) is 6.42 Å². The summed E-state index contributed by atoms with van der Waals surface area (Å²) in [6, 6.07) is 0. The Balaban J connectivity index is 2.14. The molecule has 11 heavy (non-hydrogen) atoms. The van der Waals surface area contributed by atoms with Crippen LogP contribution in [-0.2, 0) is 9.53 Å². The minimum absolute atomic E-state index is 0.0648. The van der Waals surface area contributed by atoms with Crippen molar-refractivity contribution in [3.8, 4) is 0 Å². The Kier molecular flexibility index (Phi) is 0.809. The van der Waals surface area contributed by atoms with Gasteiger partial charge in [0.25, 0.3) is 0 Å². The van der Waals surface area contributed by atoms with Gasteiger partial charge >= 0.3 is 5.97 Å². The number of ether oxygens (including phenoxy) is 1. The number of hydrogen-bond acceptors (Lipinski definition) is 2. The second kappa shape index (κ2) is 1.47. The molecule has 0 amide bonds. The second-order valence-electron chi connectivity index (χ2n) is 4.34. The number of carbonyl (C=O) groups is 1. The lowest BCUT2D eigenvalue weighted by atomic mass is 9.81. The average molecular weight is 152 g/mol. The molecule has 2 nitrogen and oxygen atoms in total. The Hall–Kier alpha value is -0.530. The molecule has 0 aromatic rings. The van der Waals surface area contributed by atoms with Crippen molar-refractivity contribution in [1.29, 1.82) is 0 Å². The van der Waals surface area contributed by atoms with E-state index in [1.165, 1.54) is 12.8 Å². The van der Waals surface area contributed by atoms with Gasteiger partial charge in [-0.3, -0.25) is 4.79 Å². The maximum absolute atomic E-state index is 11.4. The molecule has 0 aromatic heterocycles. The van der Waals surface area contributed by atoms with Crippen LogP contribution in [0, 0.1) is 17.3 Å². The molecule has 4 bridgehead atoms. The summed E-state index contributed by atoms with van der Waals surface area (Å²) >= 11 is 0. The SMILES string of the molecule is C[C@]12C(=O)O[C@@H]3C[C@@H]1CC[C@H]32. The van der Waals surface area contributed by atoms with Crippen molar-refractivity contribution in [2.45, 2.75) is 32.3 Å². The zero-order valence-electron chi connectivity index (χ0n) is 6.67. The highest BCUT2D eigenvalue weighted by Gasteiger charge is 2.67. The maximum atomic E-state index is 11.4. The summed E-state index contributed by atoms with van der Waals surface area (Å²) < 4.78 is 5.26. The molecule has 1 saturated heterocycles. The lowest BCUT2D eigenvalue weighted by Crippen LogP contribution is -2.31. The molecule has 1 heterocycles. The largest absolute Gasteiger partial charge is 0.462 e. The quantitative estimate of drug-likeness (QED) is 0.490. The van der Waals surface area contributed by atoms with Crippen LogP contribution in [0.15, 0.2) is 0 Å². The lowest BCUT2D eigenvalue weighted by Gasteiger charge is -2.25. The van der Waals surface area contributed by atoms with Crippen molar-refractivity contribution in [2.24, 2.45) is 17.3 Å². The molecule has 3 aliphatic rings. The van der Waals surface area contributed by atoms with Crippen LogP contribution in [0.4, 0.5) is 0 Å². The van der Waals surface area contributed by atoms with Gasteiger partial charge in [0, 0.05) is 5.92 Å². The van der Waals surface area contributed by atoms with E-state index in [2.05, 4.69) is 6.92 Å². The minimum atomic E-state index is -0.0648. The van der Waals surface area contributed by atoms with Crippen molar-refractivity contribution in [1.82, 2.24) is 0 Å². The number of esters is 1. The van der Waals surface area contributed by atoms with E-state index < -0.39 is 0 Å². The van der Waals surface area contributed by atoms with Gasteiger partial charge in [-0.15, -0.1) is 0 Å². The molecule has 0 aromatic carbocycles. The van der Waals surface area contributed by atoms with Crippen LogP contribution in [0.1, 0.15) is 26.2 Å². The van der Waals surface area contributed by atoms with Gasteiger partial charge in [0.2, 0.25) is 0 Å². The summed E-state index contributed by atoms with van der Waals surface area (Å²) in [7, 11) is 0. The van der Waals surface area contributed by atoms with Crippen LogP contribution in [0.3, 0.4) is 0 Å². The van der Waals surface area contributed by atoms with Gasteiger partial charge in [-0.2, -0.15) is 0 Å². The van der Waals surface area contributed by atoms with E-state index in [9.17, 15) is 4.79 Å². The molecule has 1 aliphatic heterocycles. The molecule has 2 saturated carbocycles. The van der Waals surface area contributed by atoms with Gasteiger partial charge in [0.05, 0.1) is 5.41 Å². The summed E-state index contributed by atoms with van der Waals surface area (Å²) in [5.41, 5.74) is -0.0648. The highest BCUT2D eigenvalue weighted by molar-refractivity contribution is 5.81. The number of rotatable bonds is 0. The van der Waals surface area contributed by atoms with Crippen LogP contribution >= 0.6 is 0 Å². The monoisotopic (exact) mass is 152 g/mol. The molecule has 2 aliphatic carbocycles. The van der Waals surface area contributed by atoms with Crippen LogP contribution < -0.4 is 0 Å². The van der Waals surface area contributed by atoms with Gasteiger partial charge in [-0.25, -0.2) is 0 Å². The summed E-state index contributed by atoms with van der Waals surface area (Å²) in [6.45, 7) is 2.10. The molecular weight excluding hydrogens is 140 g/mol. The molecule has 0 N–H and O–H groups in total. The minimum Gasteiger partial charge on any atom is -0.462 e. The molecule has 0 radical (unpaired) electrons. The number of carbonyl (C=O) groups excluding carboxylic acids is 1. The van der Waals surface area contributed by atoms with Gasteiger partial charge in [0.15, 0.2) is 0 Å². The van der Waals surface area contributed by atoms with Crippen LogP contribution in [0.2, 0.25) is 0 Å². The van der Waals surface area contributed by atoms with Gasteiger partial charge in [-0.1, -0.05) is 0 Å². The third-order valence-electron chi connectivity index (χ3n) is 4.11. The molecule has 60 valence electrons. The van der Waals surface area contributed by atoms with E-state index in [1.807, 2.05) is 0 Å². The average Bonchev–Trinajstić information content (AvgIpc) is 2.50. The highest BCUT2D eigenvalue weighted by Crippen LogP contribution is 2.63. The topological polar surface area (TPSA) is 26.3 Å². The van der Waals surface area contributed by atoms with E-state index >= 15 is 0 Å². The second-order valence-corrected chi connectivity index (χ2v) is 4.34. The maximum Gasteiger partial charge on any atom is 0.312 e. The molecule has 0 spiro atoms. The normalized spacial score (nSPS) is 58.6. The fraction of sp³-hybridized carbons (Fsp3) is 0.889. The third-order valence-corrected chi connectivity index (χ3v) is 4.11. The van der Waals surface area contributed by atoms with E-state index in [1.54, 1.807) is 0 Å². The summed E-state index contributed by atoms with van der Waals surface area (Å²) in [6.07, 6.45) is 3.92. The molecule has 4 atom stereocenters. The van der Waals surface area contributed by atoms with Crippen molar-refractivity contribution in [3.63, 3.8) is 0 Å². The molecule has 3 fully saturated rings. The van der Waals surface area contributed by atoms with E-state index in [0.29, 0.717) is 17.9 Å². The Morgan fingerprint density at radius 2 is 2.36 bits per heavy atom. The van der Waals surface area contributed by atoms with Crippen LogP contribution in [0.25, 0.3) is 0 Å². The predicted molar refractivity (Wildman–Crippen MR) is 38.8 cm³/mol. The first-order valence-electron chi connectivity index (χ1n) is 4.44. The van der Waals surface area contributed by atoms with Gasteiger partial charge < -0.3 is 4.74 Å². The first-order valence-corrected chi connectivity index (χ1v) is 4.44. The molecule has 3 rings (SSSR count). The molecule has 0 unspecified atom stereocenters. The third kappa shape index (κ3) is 0.445. The van der Waals surface area contributed by atoms with E-state index in [4.69, 9.17) is 4.74 Å². The molecule has 2 heteroatoms. The van der Waals surface area contributed by atoms with Crippen molar-refractivity contribution >= 4 is 5.97 Å². The van der Waals surface area contributed by atoms with Crippen molar-refractivity contribution < 1.29 is 9.53 Å². The smallest absolute Gasteiger partial charge is 0.312 e. The fourth-order valence-electron chi connectivity index (χ4n) is 3.38. The number of hydrogen-bond donors (Lipinski definition) is 0. The lowest BCUT2D eigenvalue weighted by molar-refractivity contribution is -0.155. The van der Waals surface area contributed by atoms with Crippen LogP contribution in [0.5, 0.6) is 0 Å². The first kappa shape index (κ1) is 6.04. The van der Waals surface area contributed by atoms with E-state index in [-0.39, 0.29) is 11.4 Å². The fourth-order valence-corrected chi connectivity index (χ4v) is 3.38. The standard InChI is InChI=1S/C9H12O2/c1-9-5-2-3-6(9)7(4-5)11-8(9)10/h5-7H,2-4H2,1H3/t5-,6+,7+,9-/m0/s1. The van der Waals surface area contributed by atoms with Gasteiger partial charge in [0.1, 0.15) is 6.10 Å². The van der Waals surface area contributed by atoms with Crippen LogP contribution in [-0.4, -0.2) is 12.1 Å². The summed E-state index contributed by atoms with van der Waals surface area (Å²) in [5.74, 6) is 1.31. The zero-order valence-corrected chi connectivity index (χ0v) is 6.67. The summed E-state index contributed by atoms with van der Waals surface area (Å²) in [5, 5.41) is 0. The molecular formula is C9H12O2. The van der Waals surface area contributed by atoms with Crippen molar-refractivity contribution in [2.75, 3.05) is 0 Å². The zero-order chi connectivity index (χ0) is 7.64. The highest BCUT2D eigenvalue weighted by atomic mass is 16.6. The Morgan fingerprint density at radius 1 is 1.55 bits per heavy atom. The summed E-state index contributed by atoms with van der Waals surface area (Å²) in [4.78, 5) is 11.4. The Bertz CT molecular complexity index is 236. The Morgan fingerprint density at radius 3 is 2.91 bits per heavy atom. The van der Waals surface area contributed by atoms with Gasteiger partial charge in [-0.05, 0) is 32.1 Å². The Labute approximate surface area is 65.9 Å². The predicted octanol–water partition coefficient (Wildman–Crippen LogP) is 1.35. The van der Waals surface area contributed by atoms with Crippen molar-refractivity contribution in [3.05, 3.63) is 0 Å². The first-order chi connectivity index (χ1) is 5.23.